The first-order chi connectivity index (χ1) is 14.5. The van der Waals surface area contributed by atoms with Crippen molar-refractivity contribution in [1.29, 1.82) is 0 Å². The van der Waals surface area contributed by atoms with E-state index in [9.17, 15) is 12.8 Å². The van der Waals surface area contributed by atoms with Crippen molar-refractivity contribution in [2.75, 3.05) is 18.4 Å². The molecule has 158 valence electrons. The van der Waals surface area contributed by atoms with E-state index in [-0.39, 0.29) is 10.8 Å². The van der Waals surface area contributed by atoms with E-state index < -0.39 is 15.8 Å². The van der Waals surface area contributed by atoms with Crippen LogP contribution in [0.25, 0.3) is 0 Å². The van der Waals surface area contributed by atoms with Crippen molar-refractivity contribution in [3.8, 4) is 0 Å². The normalized spacial score (nSPS) is 17.7. The van der Waals surface area contributed by atoms with Crippen molar-refractivity contribution in [2.24, 2.45) is 0 Å². The van der Waals surface area contributed by atoms with Gasteiger partial charge in [0.05, 0.1) is 4.90 Å². The van der Waals surface area contributed by atoms with Crippen LogP contribution >= 0.6 is 11.3 Å². The molecule has 0 radical (unpaired) electrons. The van der Waals surface area contributed by atoms with Gasteiger partial charge in [0, 0.05) is 24.7 Å². The maximum Gasteiger partial charge on any atom is 0.243 e. The number of benzene rings is 1. The highest BCUT2D eigenvalue weighted by Gasteiger charge is 2.31. The van der Waals surface area contributed by atoms with Gasteiger partial charge in [0.25, 0.3) is 0 Å². The summed E-state index contributed by atoms with van der Waals surface area (Å²) >= 11 is 1.48. The number of nitrogens with one attached hydrogen (secondary N) is 1. The van der Waals surface area contributed by atoms with Crippen molar-refractivity contribution in [3.05, 3.63) is 59.0 Å². The lowest BCUT2D eigenvalue weighted by Gasteiger charge is -2.31. The van der Waals surface area contributed by atoms with Crippen LogP contribution in [0.4, 0.5) is 15.3 Å². The van der Waals surface area contributed by atoms with Crippen LogP contribution in [0.2, 0.25) is 0 Å². The summed E-state index contributed by atoms with van der Waals surface area (Å²) < 4.78 is 40.6. The molecule has 30 heavy (non-hydrogen) atoms. The molecule has 2 aromatic heterocycles. The van der Waals surface area contributed by atoms with Gasteiger partial charge in [-0.05, 0) is 55.7 Å². The summed E-state index contributed by atoms with van der Waals surface area (Å²) in [4.78, 5) is 4.79. The van der Waals surface area contributed by atoms with Crippen LogP contribution in [-0.4, -0.2) is 41.0 Å². The van der Waals surface area contributed by atoms with Crippen molar-refractivity contribution >= 4 is 32.3 Å². The second kappa shape index (κ2) is 8.75. The fourth-order valence-electron chi connectivity index (χ4n) is 3.46. The first-order valence-corrected chi connectivity index (χ1v) is 12.0. The van der Waals surface area contributed by atoms with E-state index in [0.29, 0.717) is 24.0 Å². The molecule has 1 aromatic carbocycles. The van der Waals surface area contributed by atoms with Crippen molar-refractivity contribution < 1.29 is 12.8 Å². The smallest absolute Gasteiger partial charge is 0.243 e. The molecule has 7 nitrogen and oxygen atoms in total. The van der Waals surface area contributed by atoms with E-state index >= 15 is 0 Å². The van der Waals surface area contributed by atoms with Crippen LogP contribution in [0.3, 0.4) is 0 Å². The van der Waals surface area contributed by atoms with Crippen molar-refractivity contribution in [2.45, 2.75) is 37.0 Å². The average molecular weight is 448 g/mol. The van der Waals surface area contributed by atoms with Crippen molar-refractivity contribution in [1.82, 2.24) is 19.5 Å². The molecule has 1 aliphatic heterocycles. The van der Waals surface area contributed by atoms with E-state index in [2.05, 4.69) is 20.5 Å². The summed E-state index contributed by atoms with van der Waals surface area (Å²) in [6.45, 7) is 2.81. The first kappa shape index (κ1) is 20.8. The second-order valence-electron chi connectivity index (χ2n) is 7.08. The molecule has 0 amide bonds. The topological polar surface area (TPSA) is 88.1 Å². The highest BCUT2D eigenvalue weighted by Crippen LogP contribution is 2.30. The first-order valence-electron chi connectivity index (χ1n) is 9.78. The third kappa shape index (κ3) is 4.50. The Balaban J connectivity index is 1.51. The van der Waals surface area contributed by atoms with E-state index in [1.807, 2.05) is 25.1 Å². The predicted molar refractivity (Wildman–Crippen MR) is 114 cm³/mol. The summed E-state index contributed by atoms with van der Waals surface area (Å²) in [5, 5.41) is 13.0. The number of anilines is 2. The number of rotatable bonds is 6. The molecular weight excluding hydrogens is 425 g/mol. The summed E-state index contributed by atoms with van der Waals surface area (Å²) in [7, 11) is -3.67. The summed E-state index contributed by atoms with van der Waals surface area (Å²) in [5.41, 5.74) is 0.833. The summed E-state index contributed by atoms with van der Waals surface area (Å²) in [6.07, 6.45) is 2.42. The van der Waals surface area contributed by atoms with Gasteiger partial charge in [0.15, 0.2) is 0 Å². The van der Waals surface area contributed by atoms with Crippen LogP contribution in [0.1, 0.15) is 36.4 Å². The zero-order valence-corrected chi connectivity index (χ0v) is 18.1. The van der Waals surface area contributed by atoms with Crippen LogP contribution in [0.5, 0.6) is 0 Å². The number of halogens is 1. The SMILES string of the molecule is CCc1nnc(Nc2cccc(C3CCCN(S(=O)(=O)c4ccc(F)cc4)C3)n2)s1. The Labute approximate surface area is 179 Å². The maximum absolute atomic E-state index is 13.2. The molecule has 1 N–H and O–H groups in total. The summed E-state index contributed by atoms with van der Waals surface area (Å²) in [5.74, 6) is 0.182. The molecular formula is C20H22FN5O2S2. The lowest BCUT2D eigenvalue weighted by atomic mass is 9.96. The van der Waals surface area contributed by atoms with E-state index in [4.69, 9.17) is 0 Å². The van der Waals surface area contributed by atoms with Gasteiger partial charge in [-0.2, -0.15) is 4.31 Å². The van der Waals surface area contributed by atoms with Crippen LogP contribution in [-0.2, 0) is 16.4 Å². The number of hydrogen-bond acceptors (Lipinski definition) is 7. The minimum atomic E-state index is -3.67. The molecule has 0 spiro atoms. The van der Waals surface area contributed by atoms with Gasteiger partial charge in [0.1, 0.15) is 16.6 Å². The number of aryl methyl sites for hydroxylation is 1. The number of hydrogen-bond donors (Lipinski definition) is 1. The molecule has 4 rings (SSSR count). The van der Waals surface area contributed by atoms with Gasteiger partial charge in [0.2, 0.25) is 15.2 Å². The van der Waals surface area contributed by atoms with Gasteiger partial charge >= 0.3 is 0 Å². The number of aromatic nitrogens is 3. The molecule has 1 aliphatic rings. The Morgan fingerprint density at radius 3 is 2.73 bits per heavy atom. The molecule has 3 heterocycles. The fourth-order valence-corrected chi connectivity index (χ4v) is 5.67. The van der Waals surface area contributed by atoms with Crippen LogP contribution < -0.4 is 5.32 Å². The van der Waals surface area contributed by atoms with Gasteiger partial charge in [-0.1, -0.05) is 24.3 Å². The zero-order valence-electron chi connectivity index (χ0n) is 16.5. The molecule has 1 atom stereocenters. The Hall–Kier alpha value is -2.43. The number of piperidine rings is 1. The Bertz CT molecular complexity index is 1120. The van der Waals surface area contributed by atoms with E-state index in [1.54, 1.807) is 0 Å². The van der Waals surface area contributed by atoms with Gasteiger partial charge < -0.3 is 5.32 Å². The highest BCUT2D eigenvalue weighted by molar-refractivity contribution is 7.89. The second-order valence-corrected chi connectivity index (χ2v) is 10.1. The Kier molecular flexibility index (Phi) is 6.07. The van der Waals surface area contributed by atoms with Crippen molar-refractivity contribution in [3.63, 3.8) is 0 Å². The molecule has 0 aliphatic carbocycles. The Morgan fingerprint density at radius 1 is 1.20 bits per heavy atom. The number of pyridine rings is 1. The molecule has 3 aromatic rings. The van der Waals surface area contributed by atoms with Gasteiger partial charge in [-0.25, -0.2) is 17.8 Å². The molecule has 0 saturated carbocycles. The monoisotopic (exact) mass is 447 g/mol. The third-order valence-corrected chi connectivity index (χ3v) is 7.89. The lowest BCUT2D eigenvalue weighted by Crippen LogP contribution is -2.39. The zero-order chi connectivity index (χ0) is 21.1. The number of sulfonamides is 1. The fraction of sp³-hybridized carbons (Fsp3) is 0.350. The van der Waals surface area contributed by atoms with Gasteiger partial charge in [-0.15, -0.1) is 10.2 Å². The molecule has 10 heteroatoms. The molecule has 1 fully saturated rings. The maximum atomic E-state index is 13.2. The Morgan fingerprint density at radius 2 is 2.00 bits per heavy atom. The molecule has 0 bridgehead atoms. The minimum Gasteiger partial charge on any atom is -0.315 e. The minimum absolute atomic E-state index is 0.0173. The summed E-state index contributed by atoms with van der Waals surface area (Å²) in [6, 6.07) is 10.6. The van der Waals surface area contributed by atoms with E-state index in [0.717, 1.165) is 30.0 Å². The van der Waals surface area contributed by atoms with Crippen LogP contribution in [0.15, 0.2) is 47.4 Å². The van der Waals surface area contributed by atoms with E-state index in [1.165, 1.54) is 39.9 Å². The number of nitrogens with zero attached hydrogens (tertiary/aromatic N) is 4. The predicted octanol–water partition coefficient (Wildman–Crippen LogP) is 3.95. The molecule has 1 unspecified atom stereocenters. The van der Waals surface area contributed by atoms with Gasteiger partial charge in [-0.3, -0.25) is 0 Å². The third-order valence-electron chi connectivity index (χ3n) is 5.03. The quantitative estimate of drug-likeness (QED) is 0.616. The largest absolute Gasteiger partial charge is 0.315 e. The lowest BCUT2D eigenvalue weighted by molar-refractivity contribution is 0.313. The average Bonchev–Trinajstić information content (AvgIpc) is 3.22. The highest BCUT2D eigenvalue weighted by atomic mass is 32.2. The van der Waals surface area contributed by atoms with Crippen LogP contribution in [0, 0.1) is 5.82 Å². The standard InChI is InChI=1S/C20H22FN5O2S2/c1-2-19-24-25-20(29-19)23-18-7-3-6-17(22-18)14-5-4-12-26(13-14)30(27,28)16-10-8-15(21)9-11-16/h3,6-11,14H,2,4-5,12-13H2,1H3,(H,22,23,25). The molecule has 1 saturated heterocycles.